The van der Waals surface area contributed by atoms with E-state index < -0.39 is 10.8 Å². The van der Waals surface area contributed by atoms with Gasteiger partial charge in [-0.25, -0.2) is 10.4 Å². The first-order chi connectivity index (χ1) is 18.0. The van der Waals surface area contributed by atoms with Crippen molar-refractivity contribution in [3.63, 3.8) is 0 Å². The molecular formula is C28H20N4O5. The molecule has 1 amide bonds. The van der Waals surface area contributed by atoms with Crippen molar-refractivity contribution in [2.24, 2.45) is 5.10 Å². The average molecular weight is 492 g/mol. The number of aromatic nitrogens is 1. The van der Waals surface area contributed by atoms with E-state index in [-0.39, 0.29) is 11.4 Å². The minimum atomic E-state index is -0.503. The highest BCUT2D eigenvalue weighted by molar-refractivity contribution is 6.07. The molecule has 0 aliphatic carbocycles. The van der Waals surface area contributed by atoms with Crippen LogP contribution in [0.25, 0.3) is 33.5 Å². The van der Waals surface area contributed by atoms with Crippen molar-refractivity contribution < 1.29 is 18.9 Å². The van der Waals surface area contributed by atoms with Gasteiger partial charge in [0.25, 0.3) is 11.6 Å². The number of pyridine rings is 1. The molecule has 0 bridgehead atoms. The summed E-state index contributed by atoms with van der Waals surface area (Å²) >= 11 is 0. The standard InChI is InChI=1S/C28H20N4O5/c1-36-19-11-13-22(26(15-19)32(34)35)27-14-12-20(37-27)17-29-31-28(33)23-16-25(18-7-3-2-4-8-18)30-24-10-6-5-9-21(23)24/h2-17H,1H3,(H,31,33)/b29-17-. The predicted molar refractivity (Wildman–Crippen MR) is 140 cm³/mol. The number of furan rings is 1. The number of para-hydroxylation sites is 1. The number of benzene rings is 3. The van der Waals surface area contributed by atoms with Gasteiger partial charge in [0.2, 0.25) is 0 Å². The number of rotatable bonds is 7. The number of nitrogens with one attached hydrogen (secondary N) is 1. The molecule has 37 heavy (non-hydrogen) atoms. The largest absolute Gasteiger partial charge is 0.497 e. The maximum atomic E-state index is 13.1. The maximum absolute atomic E-state index is 13.1. The lowest BCUT2D eigenvalue weighted by Crippen LogP contribution is -2.18. The van der Waals surface area contributed by atoms with Crippen molar-refractivity contribution in [2.75, 3.05) is 7.11 Å². The monoisotopic (exact) mass is 492 g/mol. The third kappa shape index (κ3) is 4.92. The van der Waals surface area contributed by atoms with Crippen LogP contribution in [-0.4, -0.2) is 29.1 Å². The second-order valence-electron chi connectivity index (χ2n) is 7.98. The van der Waals surface area contributed by atoms with Gasteiger partial charge >= 0.3 is 0 Å². The van der Waals surface area contributed by atoms with Gasteiger partial charge in [-0.1, -0.05) is 48.5 Å². The first kappa shape index (κ1) is 23.4. The summed E-state index contributed by atoms with van der Waals surface area (Å²) in [6, 6.07) is 26.4. The maximum Gasteiger partial charge on any atom is 0.284 e. The Kier molecular flexibility index (Phi) is 6.41. The van der Waals surface area contributed by atoms with Crippen molar-refractivity contribution in [2.45, 2.75) is 0 Å². The summed E-state index contributed by atoms with van der Waals surface area (Å²) in [5.41, 5.74) is 5.36. The number of nitro groups is 1. The molecule has 182 valence electrons. The number of fused-ring (bicyclic) bond motifs is 1. The second-order valence-corrected chi connectivity index (χ2v) is 7.98. The van der Waals surface area contributed by atoms with E-state index in [1.165, 1.54) is 19.4 Å². The molecule has 9 nitrogen and oxygen atoms in total. The number of nitrogens with zero attached hydrogens (tertiary/aromatic N) is 3. The fraction of sp³-hybridized carbons (Fsp3) is 0.0357. The Morgan fingerprint density at radius 2 is 1.81 bits per heavy atom. The van der Waals surface area contributed by atoms with E-state index in [9.17, 15) is 14.9 Å². The van der Waals surface area contributed by atoms with E-state index >= 15 is 0 Å². The zero-order valence-electron chi connectivity index (χ0n) is 19.6. The number of carbonyl (C=O) groups is 1. The summed E-state index contributed by atoms with van der Waals surface area (Å²) in [6.45, 7) is 0. The van der Waals surface area contributed by atoms with Crippen molar-refractivity contribution in [1.29, 1.82) is 0 Å². The van der Waals surface area contributed by atoms with Crippen LogP contribution < -0.4 is 10.2 Å². The van der Waals surface area contributed by atoms with Gasteiger partial charge in [0.05, 0.1) is 46.7 Å². The molecule has 0 spiro atoms. The SMILES string of the molecule is COc1ccc(-c2ccc(/C=N\NC(=O)c3cc(-c4ccccc4)nc4ccccc34)o2)c([N+](=O)[O-])c1. The Bertz CT molecular complexity index is 1640. The summed E-state index contributed by atoms with van der Waals surface area (Å²) in [6.07, 6.45) is 1.33. The Morgan fingerprint density at radius 3 is 2.59 bits per heavy atom. The van der Waals surface area contributed by atoms with E-state index in [1.807, 2.05) is 54.6 Å². The Balaban J connectivity index is 1.39. The summed E-state index contributed by atoms with van der Waals surface area (Å²) in [5, 5.41) is 16.2. The number of hydrogen-bond acceptors (Lipinski definition) is 7. The molecule has 0 aliphatic rings. The van der Waals surface area contributed by atoms with Crippen LogP contribution in [0.2, 0.25) is 0 Å². The number of hydrazone groups is 1. The van der Waals surface area contributed by atoms with Crippen LogP contribution in [0.1, 0.15) is 16.1 Å². The fourth-order valence-electron chi connectivity index (χ4n) is 3.90. The van der Waals surface area contributed by atoms with Crippen LogP contribution in [0.4, 0.5) is 5.69 Å². The Hall–Kier alpha value is -5.31. The molecule has 0 saturated carbocycles. The normalized spacial score (nSPS) is 11.1. The second kappa shape index (κ2) is 10.1. The van der Waals surface area contributed by atoms with Crippen LogP contribution in [0.5, 0.6) is 5.75 Å². The fourth-order valence-corrected chi connectivity index (χ4v) is 3.90. The zero-order valence-corrected chi connectivity index (χ0v) is 19.6. The minimum absolute atomic E-state index is 0.149. The number of amides is 1. The van der Waals surface area contributed by atoms with Gasteiger partial charge in [0, 0.05) is 10.9 Å². The van der Waals surface area contributed by atoms with Gasteiger partial charge in [-0.05, 0) is 36.4 Å². The molecule has 9 heteroatoms. The van der Waals surface area contributed by atoms with Gasteiger partial charge in [-0.15, -0.1) is 0 Å². The molecule has 5 aromatic rings. The predicted octanol–water partition coefficient (Wildman–Crippen LogP) is 5.84. The lowest BCUT2D eigenvalue weighted by molar-refractivity contribution is -0.384. The van der Waals surface area contributed by atoms with Gasteiger partial charge in [-0.2, -0.15) is 5.10 Å². The lowest BCUT2D eigenvalue weighted by Gasteiger charge is -2.09. The van der Waals surface area contributed by atoms with Crippen LogP contribution in [0.15, 0.2) is 101 Å². The van der Waals surface area contributed by atoms with Gasteiger partial charge in [0.15, 0.2) is 0 Å². The van der Waals surface area contributed by atoms with E-state index in [1.54, 1.807) is 30.3 Å². The highest BCUT2D eigenvalue weighted by Gasteiger charge is 2.19. The summed E-state index contributed by atoms with van der Waals surface area (Å²) in [7, 11) is 1.44. The number of carbonyl (C=O) groups excluding carboxylic acids is 1. The molecular weight excluding hydrogens is 472 g/mol. The number of methoxy groups -OCH3 is 1. The van der Waals surface area contributed by atoms with E-state index in [2.05, 4.69) is 15.5 Å². The lowest BCUT2D eigenvalue weighted by atomic mass is 10.0. The third-order valence-corrected chi connectivity index (χ3v) is 5.68. The van der Waals surface area contributed by atoms with Gasteiger partial charge < -0.3 is 9.15 Å². The van der Waals surface area contributed by atoms with E-state index in [0.29, 0.717) is 39.2 Å². The smallest absolute Gasteiger partial charge is 0.284 e. The number of hydrogen-bond donors (Lipinski definition) is 1. The van der Waals surface area contributed by atoms with Crippen LogP contribution in [0.3, 0.4) is 0 Å². The Labute approximate surface area is 211 Å². The molecule has 5 rings (SSSR count). The van der Waals surface area contributed by atoms with Gasteiger partial charge in [-0.3, -0.25) is 14.9 Å². The molecule has 0 atom stereocenters. The first-order valence-corrected chi connectivity index (χ1v) is 11.2. The average Bonchev–Trinajstić information content (AvgIpc) is 3.41. The van der Waals surface area contributed by atoms with Crippen molar-refractivity contribution >= 4 is 28.7 Å². The molecule has 2 heterocycles. The molecule has 0 unspecified atom stereocenters. The molecule has 0 aliphatic heterocycles. The number of nitro benzene ring substituents is 1. The van der Waals surface area contributed by atoms with E-state index in [0.717, 1.165) is 5.56 Å². The van der Waals surface area contributed by atoms with Crippen molar-refractivity contribution in [3.8, 4) is 28.3 Å². The topological polar surface area (TPSA) is 120 Å². The molecule has 2 aromatic heterocycles. The van der Waals surface area contributed by atoms with Crippen LogP contribution in [-0.2, 0) is 0 Å². The van der Waals surface area contributed by atoms with Crippen LogP contribution in [0, 0.1) is 10.1 Å². The summed E-state index contributed by atoms with van der Waals surface area (Å²) in [5.74, 6) is 0.551. The summed E-state index contributed by atoms with van der Waals surface area (Å²) < 4.78 is 10.8. The zero-order chi connectivity index (χ0) is 25.8. The molecule has 0 saturated heterocycles. The molecule has 3 aromatic carbocycles. The third-order valence-electron chi connectivity index (χ3n) is 5.68. The minimum Gasteiger partial charge on any atom is -0.497 e. The molecule has 0 fully saturated rings. The molecule has 1 N–H and O–H groups in total. The highest BCUT2D eigenvalue weighted by atomic mass is 16.6. The van der Waals surface area contributed by atoms with Crippen LogP contribution >= 0.6 is 0 Å². The quantitative estimate of drug-likeness (QED) is 0.173. The van der Waals surface area contributed by atoms with E-state index in [4.69, 9.17) is 9.15 Å². The summed E-state index contributed by atoms with van der Waals surface area (Å²) in [4.78, 5) is 28.7. The molecule has 0 radical (unpaired) electrons. The van der Waals surface area contributed by atoms with Crippen molar-refractivity contribution in [3.05, 3.63) is 112 Å². The van der Waals surface area contributed by atoms with Crippen molar-refractivity contribution in [1.82, 2.24) is 10.4 Å². The number of ether oxygens (including phenoxy) is 1. The Morgan fingerprint density at radius 1 is 1.03 bits per heavy atom. The first-order valence-electron chi connectivity index (χ1n) is 11.2. The van der Waals surface area contributed by atoms with Gasteiger partial charge in [0.1, 0.15) is 17.3 Å². The highest BCUT2D eigenvalue weighted by Crippen LogP contribution is 2.34.